The van der Waals surface area contributed by atoms with Gasteiger partial charge in [0.2, 0.25) is 0 Å². The Morgan fingerprint density at radius 1 is 1.00 bits per heavy atom. The Morgan fingerprint density at radius 3 is 2.22 bits per heavy atom. The summed E-state index contributed by atoms with van der Waals surface area (Å²) in [6.45, 7) is 8.13. The molecule has 0 radical (unpaired) electrons. The van der Waals surface area contributed by atoms with Gasteiger partial charge in [0.15, 0.2) is 0 Å². The number of esters is 1. The SMILES string of the molecule is COc1cc(/C=N/C(C)(C)C)c(OCc2ccccc2)c(C(=O)Oc2ccccc2)c1C. The second-order valence-corrected chi connectivity index (χ2v) is 8.40. The zero-order chi connectivity index (χ0) is 23.1. The number of methoxy groups -OCH3 is 1. The van der Waals surface area contributed by atoms with E-state index in [2.05, 4.69) is 4.99 Å². The first-order valence-electron chi connectivity index (χ1n) is 10.5. The lowest BCUT2D eigenvalue weighted by atomic mass is 10.0. The van der Waals surface area contributed by atoms with E-state index in [1.807, 2.05) is 82.3 Å². The maximum atomic E-state index is 13.3. The smallest absolute Gasteiger partial charge is 0.347 e. The van der Waals surface area contributed by atoms with E-state index in [0.29, 0.717) is 40.5 Å². The molecule has 0 atom stereocenters. The predicted octanol–water partition coefficient (Wildman–Crippen LogP) is 6.02. The summed E-state index contributed by atoms with van der Waals surface area (Å²) in [5.74, 6) is 0.924. The molecule has 3 aromatic rings. The van der Waals surface area contributed by atoms with E-state index in [1.165, 1.54) is 0 Å². The van der Waals surface area contributed by atoms with Gasteiger partial charge >= 0.3 is 5.97 Å². The van der Waals surface area contributed by atoms with Crippen LogP contribution in [0.4, 0.5) is 0 Å². The topological polar surface area (TPSA) is 57.1 Å². The summed E-state index contributed by atoms with van der Waals surface area (Å²) in [6, 6.07) is 20.6. The molecule has 3 aromatic carbocycles. The number of hydrogen-bond acceptors (Lipinski definition) is 5. The first-order valence-corrected chi connectivity index (χ1v) is 10.5. The van der Waals surface area contributed by atoms with Gasteiger partial charge in [0.25, 0.3) is 0 Å². The van der Waals surface area contributed by atoms with Crippen LogP contribution in [0.25, 0.3) is 0 Å². The maximum absolute atomic E-state index is 13.3. The normalized spacial score (nSPS) is 11.4. The molecule has 0 fully saturated rings. The van der Waals surface area contributed by atoms with Crippen molar-refractivity contribution in [3.05, 3.63) is 89.0 Å². The molecule has 0 aliphatic carbocycles. The number of rotatable bonds is 7. The molecule has 0 N–H and O–H groups in total. The van der Waals surface area contributed by atoms with Gasteiger partial charge in [-0.05, 0) is 51.5 Å². The van der Waals surface area contributed by atoms with E-state index in [4.69, 9.17) is 14.2 Å². The molecular formula is C27H29NO4. The van der Waals surface area contributed by atoms with E-state index in [-0.39, 0.29) is 5.54 Å². The molecule has 0 unspecified atom stereocenters. The quantitative estimate of drug-likeness (QED) is 0.261. The number of ether oxygens (including phenoxy) is 3. The average Bonchev–Trinajstić information content (AvgIpc) is 2.77. The van der Waals surface area contributed by atoms with E-state index < -0.39 is 5.97 Å². The fraction of sp³-hybridized carbons (Fsp3) is 0.259. The summed E-state index contributed by atoms with van der Waals surface area (Å²) >= 11 is 0. The summed E-state index contributed by atoms with van der Waals surface area (Å²) in [7, 11) is 1.57. The molecule has 166 valence electrons. The fourth-order valence-corrected chi connectivity index (χ4v) is 3.10. The van der Waals surface area contributed by atoms with Crippen molar-refractivity contribution >= 4 is 12.2 Å². The lowest BCUT2D eigenvalue weighted by Gasteiger charge is -2.19. The predicted molar refractivity (Wildman–Crippen MR) is 127 cm³/mol. The monoisotopic (exact) mass is 431 g/mol. The summed E-state index contributed by atoms with van der Waals surface area (Å²) < 4.78 is 17.4. The van der Waals surface area contributed by atoms with Crippen LogP contribution < -0.4 is 14.2 Å². The van der Waals surface area contributed by atoms with E-state index in [1.54, 1.807) is 25.5 Å². The standard InChI is InChI=1S/C27H29NO4/c1-19-23(30-5)16-21(17-28-27(2,3)4)25(31-18-20-12-8-6-9-13-20)24(19)26(29)32-22-14-10-7-11-15-22/h6-17H,18H2,1-5H3/b28-17+. The Labute approximate surface area is 189 Å². The first kappa shape index (κ1) is 23.1. The highest BCUT2D eigenvalue weighted by molar-refractivity contribution is 6.00. The van der Waals surface area contributed by atoms with Crippen molar-refractivity contribution in [2.45, 2.75) is 39.8 Å². The molecule has 0 amide bonds. The highest BCUT2D eigenvalue weighted by atomic mass is 16.5. The van der Waals surface area contributed by atoms with Crippen molar-refractivity contribution in [1.29, 1.82) is 0 Å². The molecule has 0 aromatic heterocycles. The van der Waals surface area contributed by atoms with Gasteiger partial charge < -0.3 is 14.2 Å². The van der Waals surface area contributed by atoms with Crippen LogP contribution in [-0.4, -0.2) is 24.8 Å². The third-order valence-electron chi connectivity index (χ3n) is 4.72. The van der Waals surface area contributed by atoms with Gasteiger partial charge in [-0.3, -0.25) is 4.99 Å². The van der Waals surface area contributed by atoms with Crippen LogP contribution in [0.5, 0.6) is 17.2 Å². The van der Waals surface area contributed by atoms with Crippen molar-refractivity contribution in [2.24, 2.45) is 4.99 Å². The number of aliphatic imine (C=N–C) groups is 1. The number of para-hydroxylation sites is 1. The van der Waals surface area contributed by atoms with Gasteiger partial charge in [-0.2, -0.15) is 0 Å². The Hall–Kier alpha value is -3.60. The minimum Gasteiger partial charge on any atom is -0.496 e. The minimum atomic E-state index is -0.513. The summed E-state index contributed by atoms with van der Waals surface area (Å²) in [5.41, 5.74) is 2.31. The minimum absolute atomic E-state index is 0.292. The molecule has 5 heteroatoms. The van der Waals surface area contributed by atoms with Gasteiger partial charge in [-0.25, -0.2) is 4.79 Å². The Balaban J connectivity index is 2.09. The van der Waals surface area contributed by atoms with Gasteiger partial charge in [-0.1, -0.05) is 48.5 Å². The molecule has 0 saturated carbocycles. The van der Waals surface area contributed by atoms with Crippen LogP contribution in [0.1, 0.15) is 47.8 Å². The van der Waals surface area contributed by atoms with Crippen molar-refractivity contribution in [2.75, 3.05) is 7.11 Å². The molecule has 0 saturated heterocycles. The Bertz CT molecular complexity index is 1080. The lowest BCUT2D eigenvalue weighted by Crippen LogP contribution is -2.16. The first-order chi connectivity index (χ1) is 15.3. The largest absolute Gasteiger partial charge is 0.496 e. The van der Waals surface area contributed by atoms with E-state index in [9.17, 15) is 4.79 Å². The molecule has 0 aliphatic heterocycles. The van der Waals surface area contributed by atoms with Crippen LogP contribution in [0.3, 0.4) is 0 Å². The fourth-order valence-electron chi connectivity index (χ4n) is 3.10. The van der Waals surface area contributed by atoms with Crippen molar-refractivity contribution in [3.8, 4) is 17.2 Å². The summed E-state index contributed by atoms with van der Waals surface area (Å²) in [4.78, 5) is 17.9. The van der Waals surface area contributed by atoms with Gasteiger partial charge in [-0.15, -0.1) is 0 Å². The molecule has 0 heterocycles. The van der Waals surface area contributed by atoms with Crippen LogP contribution in [-0.2, 0) is 6.61 Å². The molecule has 3 rings (SSSR count). The number of hydrogen-bond donors (Lipinski definition) is 0. The zero-order valence-corrected chi connectivity index (χ0v) is 19.2. The highest BCUT2D eigenvalue weighted by Crippen LogP contribution is 2.35. The van der Waals surface area contributed by atoms with Gasteiger partial charge in [0, 0.05) is 17.3 Å². The highest BCUT2D eigenvalue weighted by Gasteiger charge is 2.25. The number of nitrogens with zero attached hydrogens (tertiary/aromatic N) is 1. The third kappa shape index (κ3) is 5.97. The maximum Gasteiger partial charge on any atom is 0.347 e. The van der Waals surface area contributed by atoms with Crippen LogP contribution in [0.2, 0.25) is 0 Å². The summed E-state index contributed by atoms with van der Waals surface area (Å²) in [6.07, 6.45) is 1.72. The second kappa shape index (κ2) is 10.1. The van der Waals surface area contributed by atoms with Gasteiger partial charge in [0.1, 0.15) is 29.4 Å². The number of benzene rings is 3. The Kier molecular flexibility index (Phi) is 7.31. The van der Waals surface area contributed by atoms with Crippen molar-refractivity contribution in [3.63, 3.8) is 0 Å². The molecule has 0 aliphatic rings. The molecule has 5 nitrogen and oxygen atoms in total. The number of carbonyl (C=O) groups excluding carboxylic acids is 1. The average molecular weight is 432 g/mol. The molecule has 32 heavy (non-hydrogen) atoms. The molecule has 0 spiro atoms. The van der Waals surface area contributed by atoms with Gasteiger partial charge in [0.05, 0.1) is 12.6 Å². The molecular weight excluding hydrogens is 402 g/mol. The molecule has 0 bridgehead atoms. The van der Waals surface area contributed by atoms with E-state index in [0.717, 1.165) is 5.56 Å². The van der Waals surface area contributed by atoms with Crippen molar-refractivity contribution < 1.29 is 19.0 Å². The van der Waals surface area contributed by atoms with Crippen LogP contribution >= 0.6 is 0 Å². The lowest BCUT2D eigenvalue weighted by molar-refractivity contribution is 0.0728. The van der Waals surface area contributed by atoms with E-state index >= 15 is 0 Å². The Morgan fingerprint density at radius 2 is 1.62 bits per heavy atom. The second-order valence-electron chi connectivity index (χ2n) is 8.40. The third-order valence-corrected chi connectivity index (χ3v) is 4.72. The number of carbonyl (C=O) groups is 1. The van der Waals surface area contributed by atoms with Crippen molar-refractivity contribution in [1.82, 2.24) is 0 Å². The van der Waals surface area contributed by atoms with Crippen LogP contribution in [0, 0.1) is 6.92 Å². The zero-order valence-electron chi connectivity index (χ0n) is 19.2. The summed E-state index contributed by atoms with van der Waals surface area (Å²) in [5, 5.41) is 0. The van der Waals surface area contributed by atoms with Crippen LogP contribution in [0.15, 0.2) is 71.7 Å².